The van der Waals surface area contributed by atoms with Crippen LogP contribution in [0.25, 0.3) is 0 Å². The zero-order chi connectivity index (χ0) is 11.1. The van der Waals surface area contributed by atoms with Crippen LogP contribution in [0.4, 0.5) is 0 Å². The number of carbonyl (C=O) groups excluding carboxylic acids is 1. The number of unbranched alkanes of at least 4 members (excludes halogenated alkanes) is 1. The molecule has 1 amide bonds. The molecule has 0 aromatic heterocycles. The van der Waals surface area contributed by atoms with Gasteiger partial charge in [-0.05, 0) is 37.6 Å². The second-order valence-corrected chi connectivity index (χ2v) is 3.30. The van der Waals surface area contributed by atoms with E-state index in [4.69, 9.17) is 5.73 Å². The van der Waals surface area contributed by atoms with E-state index in [1.165, 1.54) is 12.1 Å². The van der Waals surface area contributed by atoms with Gasteiger partial charge in [0.1, 0.15) is 5.75 Å². The van der Waals surface area contributed by atoms with E-state index < -0.39 is 0 Å². The van der Waals surface area contributed by atoms with E-state index in [1.54, 1.807) is 12.1 Å². The van der Waals surface area contributed by atoms with Gasteiger partial charge in [0.05, 0.1) is 0 Å². The number of benzene rings is 1. The standard InChI is InChI=1S/C11H16N2O2/c12-6-1-2-7-13-11(15)9-4-3-5-10(14)8-9/h3-5,8,14H,1-2,6-7,12H2,(H,13,15). The highest BCUT2D eigenvalue weighted by atomic mass is 16.3. The molecule has 1 aromatic carbocycles. The van der Waals surface area contributed by atoms with Crippen molar-refractivity contribution >= 4 is 5.91 Å². The lowest BCUT2D eigenvalue weighted by molar-refractivity contribution is 0.0952. The number of amides is 1. The molecule has 0 radical (unpaired) electrons. The van der Waals surface area contributed by atoms with E-state index in [0.717, 1.165) is 12.8 Å². The summed E-state index contributed by atoms with van der Waals surface area (Å²) in [5.74, 6) is -0.0625. The van der Waals surface area contributed by atoms with Gasteiger partial charge in [0.2, 0.25) is 0 Å². The number of aromatic hydroxyl groups is 1. The smallest absolute Gasteiger partial charge is 0.251 e. The molecular weight excluding hydrogens is 192 g/mol. The maximum Gasteiger partial charge on any atom is 0.251 e. The number of nitrogens with one attached hydrogen (secondary N) is 1. The Morgan fingerprint density at radius 1 is 1.40 bits per heavy atom. The molecule has 4 heteroatoms. The van der Waals surface area contributed by atoms with Crippen molar-refractivity contribution < 1.29 is 9.90 Å². The van der Waals surface area contributed by atoms with E-state index in [-0.39, 0.29) is 11.7 Å². The Labute approximate surface area is 89.1 Å². The topological polar surface area (TPSA) is 75.3 Å². The lowest BCUT2D eigenvalue weighted by atomic mass is 10.2. The second-order valence-electron chi connectivity index (χ2n) is 3.30. The second kappa shape index (κ2) is 6.03. The van der Waals surface area contributed by atoms with Gasteiger partial charge in [0.25, 0.3) is 5.91 Å². The van der Waals surface area contributed by atoms with Gasteiger partial charge in [-0.2, -0.15) is 0 Å². The largest absolute Gasteiger partial charge is 0.508 e. The summed E-state index contributed by atoms with van der Waals surface area (Å²) in [5.41, 5.74) is 5.81. The van der Waals surface area contributed by atoms with Crippen molar-refractivity contribution in [2.75, 3.05) is 13.1 Å². The Balaban J connectivity index is 2.40. The molecule has 0 bridgehead atoms. The quantitative estimate of drug-likeness (QED) is 0.628. The van der Waals surface area contributed by atoms with Crippen LogP contribution in [-0.4, -0.2) is 24.1 Å². The molecule has 4 N–H and O–H groups in total. The Morgan fingerprint density at radius 2 is 2.20 bits per heavy atom. The molecule has 0 aliphatic carbocycles. The van der Waals surface area contributed by atoms with Gasteiger partial charge in [0, 0.05) is 12.1 Å². The molecule has 0 saturated carbocycles. The third kappa shape index (κ3) is 3.99. The number of rotatable bonds is 5. The summed E-state index contributed by atoms with van der Waals surface area (Å²) in [6.45, 7) is 1.26. The zero-order valence-electron chi connectivity index (χ0n) is 8.57. The summed E-state index contributed by atoms with van der Waals surface area (Å²) in [5, 5.41) is 11.9. The third-order valence-electron chi connectivity index (χ3n) is 2.02. The number of hydrogen-bond donors (Lipinski definition) is 3. The van der Waals surface area contributed by atoms with E-state index in [9.17, 15) is 9.90 Å². The molecule has 0 spiro atoms. The number of hydrogen-bond acceptors (Lipinski definition) is 3. The van der Waals surface area contributed by atoms with Crippen molar-refractivity contribution in [1.82, 2.24) is 5.32 Å². The molecule has 1 aromatic rings. The van der Waals surface area contributed by atoms with Crippen LogP contribution < -0.4 is 11.1 Å². The summed E-state index contributed by atoms with van der Waals surface area (Å²) in [7, 11) is 0. The van der Waals surface area contributed by atoms with Crippen LogP contribution in [0.2, 0.25) is 0 Å². The SMILES string of the molecule is NCCCCNC(=O)c1cccc(O)c1. The molecule has 0 aliphatic rings. The fourth-order valence-electron chi connectivity index (χ4n) is 1.22. The molecule has 0 atom stereocenters. The predicted molar refractivity (Wildman–Crippen MR) is 58.7 cm³/mol. The van der Waals surface area contributed by atoms with Gasteiger partial charge in [-0.3, -0.25) is 4.79 Å². The van der Waals surface area contributed by atoms with Crippen LogP contribution in [0.5, 0.6) is 5.75 Å². The van der Waals surface area contributed by atoms with Crippen LogP contribution in [0, 0.1) is 0 Å². The van der Waals surface area contributed by atoms with Gasteiger partial charge in [-0.1, -0.05) is 6.07 Å². The molecule has 0 aliphatic heterocycles. The highest BCUT2D eigenvalue weighted by Crippen LogP contribution is 2.10. The van der Waals surface area contributed by atoms with Crippen LogP contribution in [0.15, 0.2) is 24.3 Å². The number of phenolic OH excluding ortho intramolecular Hbond substituents is 1. The normalized spacial score (nSPS) is 9.93. The minimum Gasteiger partial charge on any atom is -0.508 e. The van der Waals surface area contributed by atoms with Gasteiger partial charge in [-0.25, -0.2) is 0 Å². The third-order valence-corrected chi connectivity index (χ3v) is 2.02. The van der Waals surface area contributed by atoms with Crippen molar-refractivity contribution in [3.63, 3.8) is 0 Å². The Kier molecular flexibility index (Phi) is 4.63. The molecule has 0 heterocycles. The van der Waals surface area contributed by atoms with Gasteiger partial charge >= 0.3 is 0 Å². The lowest BCUT2D eigenvalue weighted by Crippen LogP contribution is -2.24. The monoisotopic (exact) mass is 208 g/mol. The van der Waals surface area contributed by atoms with Crippen molar-refractivity contribution in [1.29, 1.82) is 0 Å². The van der Waals surface area contributed by atoms with Gasteiger partial charge in [0.15, 0.2) is 0 Å². The summed E-state index contributed by atoms with van der Waals surface area (Å²) in [6, 6.07) is 6.28. The van der Waals surface area contributed by atoms with Crippen molar-refractivity contribution in [3.05, 3.63) is 29.8 Å². The highest BCUT2D eigenvalue weighted by Gasteiger charge is 2.04. The number of phenols is 1. The Morgan fingerprint density at radius 3 is 2.87 bits per heavy atom. The van der Waals surface area contributed by atoms with Crippen molar-refractivity contribution in [3.8, 4) is 5.75 Å². The summed E-state index contributed by atoms with van der Waals surface area (Å²) in [4.78, 5) is 11.5. The van der Waals surface area contributed by atoms with E-state index in [0.29, 0.717) is 18.7 Å². The summed E-state index contributed by atoms with van der Waals surface area (Å²) in [6.07, 6.45) is 1.78. The first kappa shape index (κ1) is 11.5. The average molecular weight is 208 g/mol. The van der Waals surface area contributed by atoms with E-state index >= 15 is 0 Å². The molecule has 15 heavy (non-hydrogen) atoms. The number of nitrogens with two attached hydrogens (primary N) is 1. The lowest BCUT2D eigenvalue weighted by Gasteiger charge is -2.04. The molecular formula is C11H16N2O2. The van der Waals surface area contributed by atoms with Crippen LogP contribution in [0.3, 0.4) is 0 Å². The Bertz CT molecular complexity index is 326. The molecule has 82 valence electrons. The van der Waals surface area contributed by atoms with E-state index in [1.807, 2.05) is 0 Å². The molecule has 0 saturated heterocycles. The van der Waals surface area contributed by atoms with Crippen molar-refractivity contribution in [2.24, 2.45) is 5.73 Å². The molecule has 0 unspecified atom stereocenters. The van der Waals surface area contributed by atoms with Crippen molar-refractivity contribution in [2.45, 2.75) is 12.8 Å². The Hall–Kier alpha value is -1.55. The fourth-order valence-corrected chi connectivity index (χ4v) is 1.22. The minimum atomic E-state index is -0.164. The average Bonchev–Trinajstić information content (AvgIpc) is 2.24. The van der Waals surface area contributed by atoms with E-state index in [2.05, 4.69) is 5.32 Å². The summed E-state index contributed by atoms with van der Waals surface area (Å²) < 4.78 is 0. The fraction of sp³-hybridized carbons (Fsp3) is 0.364. The molecule has 4 nitrogen and oxygen atoms in total. The first-order valence-electron chi connectivity index (χ1n) is 5.01. The number of carbonyl (C=O) groups is 1. The van der Waals surface area contributed by atoms with Crippen LogP contribution in [-0.2, 0) is 0 Å². The first-order chi connectivity index (χ1) is 7.24. The van der Waals surface area contributed by atoms with Gasteiger partial charge in [-0.15, -0.1) is 0 Å². The van der Waals surface area contributed by atoms with Crippen LogP contribution >= 0.6 is 0 Å². The summed E-state index contributed by atoms with van der Waals surface area (Å²) >= 11 is 0. The highest BCUT2D eigenvalue weighted by molar-refractivity contribution is 5.94. The predicted octanol–water partition coefficient (Wildman–Crippen LogP) is 0.861. The van der Waals surface area contributed by atoms with Crippen LogP contribution in [0.1, 0.15) is 23.2 Å². The first-order valence-corrected chi connectivity index (χ1v) is 5.01. The molecule has 1 rings (SSSR count). The molecule has 0 fully saturated rings. The minimum absolute atomic E-state index is 0.101. The maximum atomic E-state index is 11.5. The maximum absolute atomic E-state index is 11.5. The zero-order valence-corrected chi connectivity index (χ0v) is 8.57. The van der Waals surface area contributed by atoms with Gasteiger partial charge < -0.3 is 16.2 Å².